The van der Waals surface area contributed by atoms with Crippen molar-refractivity contribution in [3.05, 3.63) is 61.5 Å². The maximum atomic E-state index is 13.7. The van der Waals surface area contributed by atoms with Crippen LogP contribution in [0, 0.1) is 19.5 Å². The molecular weight excluding hydrogens is 396 g/mol. The Balaban J connectivity index is 2.39. The van der Waals surface area contributed by atoms with E-state index >= 15 is 0 Å². The van der Waals surface area contributed by atoms with Crippen molar-refractivity contribution in [3.63, 3.8) is 0 Å². The summed E-state index contributed by atoms with van der Waals surface area (Å²) >= 11 is 1.94. The molecule has 0 saturated carbocycles. The molecule has 0 radical (unpaired) electrons. The highest BCUT2D eigenvalue weighted by Crippen LogP contribution is 2.30. The predicted molar refractivity (Wildman–Crippen MR) is 79.2 cm³/mol. The predicted octanol–water partition coefficient (Wildman–Crippen LogP) is 3.83. The summed E-state index contributed by atoms with van der Waals surface area (Å²) in [6, 6.07) is 7.24. The number of halogens is 2. The summed E-state index contributed by atoms with van der Waals surface area (Å²) in [6.45, 7) is 0. The Hall–Kier alpha value is -2.23. The fourth-order valence-corrected chi connectivity index (χ4v) is 2.05. The molecule has 0 aliphatic rings. The molecule has 0 atom stereocenters. The number of hydrogen-bond donors (Lipinski definition) is 1. The van der Waals surface area contributed by atoms with Crippen LogP contribution < -0.4 is 4.74 Å². The molecular formula is C13H7FINO5. The lowest BCUT2D eigenvalue weighted by molar-refractivity contribution is -0.385. The third-order valence-electron chi connectivity index (χ3n) is 2.52. The van der Waals surface area contributed by atoms with Crippen LogP contribution >= 0.6 is 22.6 Å². The van der Waals surface area contributed by atoms with E-state index in [0.717, 1.165) is 12.1 Å². The van der Waals surface area contributed by atoms with E-state index in [1.165, 1.54) is 12.1 Å². The van der Waals surface area contributed by atoms with Crippen LogP contribution in [0.4, 0.5) is 10.1 Å². The van der Waals surface area contributed by atoms with E-state index in [1.807, 2.05) is 22.6 Å². The minimum absolute atomic E-state index is 0.0457. The number of hydrogen-bond acceptors (Lipinski definition) is 4. The number of nitro benzene ring substituents is 1. The Morgan fingerprint density at radius 3 is 2.48 bits per heavy atom. The van der Waals surface area contributed by atoms with Gasteiger partial charge in [0.15, 0.2) is 11.6 Å². The lowest BCUT2D eigenvalue weighted by atomic mass is 10.2. The number of carboxylic acid groups (broad SMARTS) is 1. The third kappa shape index (κ3) is 3.45. The van der Waals surface area contributed by atoms with Gasteiger partial charge in [-0.25, -0.2) is 9.18 Å². The van der Waals surface area contributed by atoms with Gasteiger partial charge in [-0.3, -0.25) is 10.1 Å². The topological polar surface area (TPSA) is 89.7 Å². The number of ether oxygens (including phenoxy) is 1. The Morgan fingerprint density at radius 1 is 1.24 bits per heavy atom. The van der Waals surface area contributed by atoms with Crippen LogP contribution in [-0.2, 0) is 0 Å². The first-order valence-electron chi connectivity index (χ1n) is 5.53. The molecule has 0 saturated heterocycles. The van der Waals surface area contributed by atoms with Crippen LogP contribution in [0.1, 0.15) is 10.4 Å². The molecule has 0 spiro atoms. The molecule has 2 rings (SSSR count). The second kappa shape index (κ2) is 6.04. The fourth-order valence-electron chi connectivity index (χ4n) is 1.56. The lowest BCUT2D eigenvalue weighted by Gasteiger charge is -2.09. The quantitative estimate of drug-likeness (QED) is 0.476. The first kappa shape index (κ1) is 15.2. The van der Waals surface area contributed by atoms with Gasteiger partial charge in [-0.2, -0.15) is 0 Å². The molecule has 0 fully saturated rings. The lowest BCUT2D eigenvalue weighted by Crippen LogP contribution is -2.01. The molecule has 6 nitrogen and oxygen atoms in total. The zero-order chi connectivity index (χ0) is 15.6. The molecule has 8 heteroatoms. The van der Waals surface area contributed by atoms with Gasteiger partial charge in [0.05, 0.1) is 11.0 Å². The SMILES string of the molecule is O=C(O)c1cc(I)ccc1Oc1ccc([N+](=O)[O-])cc1F. The van der Waals surface area contributed by atoms with Crippen LogP contribution in [-0.4, -0.2) is 16.0 Å². The van der Waals surface area contributed by atoms with Gasteiger partial charge in [0, 0.05) is 9.64 Å². The summed E-state index contributed by atoms with van der Waals surface area (Å²) in [5.41, 5.74) is -0.541. The second-order valence-corrected chi connectivity index (χ2v) is 5.17. The number of carbonyl (C=O) groups is 1. The normalized spacial score (nSPS) is 10.2. The molecule has 0 bridgehead atoms. The zero-order valence-corrected chi connectivity index (χ0v) is 12.4. The van der Waals surface area contributed by atoms with Crippen molar-refractivity contribution in [1.29, 1.82) is 0 Å². The van der Waals surface area contributed by atoms with E-state index in [-0.39, 0.29) is 17.1 Å². The monoisotopic (exact) mass is 403 g/mol. The fraction of sp³-hybridized carbons (Fsp3) is 0. The zero-order valence-electron chi connectivity index (χ0n) is 10.2. The van der Waals surface area contributed by atoms with Gasteiger partial charge < -0.3 is 9.84 Å². The molecule has 0 amide bonds. The largest absolute Gasteiger partial charge is 0.478 e. The molecule has 0 unspecified atom stereocenters. The van der Waals surface area contributed by atoms with Crippen molar-refractivity contribution in [3.8, 4) is 11.5 Å². The van der Waals surface area contributed by atoms with Crippen molar-refractivity contribution < 1.29 is 24.0 Å². The summed E-state index contributed by atoms with van der Waals surface area (Å²) < 4.78 is 19.6. The standard InChI is InChI=1S/C13H7FINO5/c14-10-6-8(16(19)20)2-4-12(10)21-11-3-1-7(15)5-9(11)13(17)18/h1-6H,(H,17,18). The molecule has 2 aromatic rings. The number of carboxylic acids is 1. The van der Waals surface area contributed by atoms with E-state index in [2.05, 4.69) is 0 Å². The molecule has 0 heterocycles. The average Bonchev–Trinajstić information content (AvgIpc) is 2.42. The highest BCUT2D eigenvalue weighted by atomic mass is 127. The summed E-state index contributed by atoms with van der Waals surface area (Å²) in [4.78, 5) is 20.9. The summed E-state index contributed by atoms with van der Waals surface area (Å²) in [6.07, 6.45) is 0. The van der Waals surface area contributed by atoms with Gasteiger partial charge in [0.2, 0.25) is 0 Å². The van der Waals surface area contributed by atoms with Crippen LogP contribution in [0.2, 0.25) is 0 Å². The van der Waals surface area contributed by atoms with Gasteiger partial charge >= 0.3 is 5.97 Å². The molecule has 21 heavy (non-hydrogen) atoms. The number of benzene rings is 2. The maximum absolute atomic E-state index is 13.7. The van der Waals surface area contributed by atoms with Crippen LogP contribution in [0.25, 0.3) is 0 Å². The third-order valence-corrected chi connectivity index (χ3v) is 3.19. The molecule has 0 aromatic heterocycles. The second-order valence-electron chi connectivity index (χ2n) is 3.92. The van der Waals surface area contributed by atoms with Crippen molar-refractivity contribution >= 4 is 34.2 Å². The molecule has 1 N–H and O–H groups in total. The van der Waals surface area contributed by atoms with E-state index < -0.39 is 22.4 Å². The van der Waals surface area contributed by atoms with Crippen molar-refractivity contribution in [2.45, 2.75) is 0 Å². The Morgan fingerprint density at radius 2 is 1.90 bits per heavy atom. The van der Waals surface area contributed by atoms with Crippen LogP contribution in [0.15, 0.2) is 36.4 Å². The van der Waals surface area contributed by atoms with Gasteiger partial charge in [-0.15, -0.1) is 0 Å². The van der Waals surface area contributed by atoms with E-state index in [4.69, 9.17) is 9.84 Å². The number of non-ortho nitro benzene ring substituents is 1. The molecule has 108 valence electrons. The van der Waals surface area contributed by atoms with Gasteiger partial charge in [-0.05, 0) is 46.9 Å². The molecule has 0 aliphatic heterocycles. The summed E-state index contributed by atoms with van der Waals surface area (Å²) in [5, 5.41) is 19.6. The minimum Gasteiger partial charge on any atom is -0.478 e. The molecule has 2 aromatic carbocycles. The van der Waals surface area contributed by atoms with Crippen molar-refractivity contribution in [2.24, 2.45) is 0 Å². The summed E-state index contributed by atoms with van der Waals surface area (Å²) in [7, 11) is 0. The number of nitro groups is 1. The van der Waals surface area contributed by atoms with E-state index in [0.29, 0.717) is 9.64 Å². The number of rotatable bonds is 4. The first-order valence-corrected chi connectivity index (χ1v) is 6.61. The smallest absolute Gasteiger partial charge is 0.339 e. The highest BCUT2D eigenvalue weighted by Gasteiger charge is 2.16. The van der Waals surface area contributed by atoms with E-state index in [1.54, 1.807) is 6.07 Å². The van der Waals surface area contributed by atoms with Crippen LogP contribution in [0.5, 0.6) is 11.5 Å². The number of nitrogens with zero attached hydrogens (tertiary/aromatic N) is 1. The Bertz CT molecular complexity index is 734. The van der Waals surface area contributed by atoms with Crippen molar-refractivity contribution in [1.82, 2.24) is 0 Å². The van der Waals surface area contributed by atoms with E-state index in [9.17, 15) is 19.3 Å². The van der Waals surface area contributed by atoms with Crippen LogP contribution in [0.3, 0.4) is 0 Å². The highest BCUT2D eigenvalue weighted by molar-refractivity contribution is 14.1. The first-order chi connectivity index (χ1) is 9.88. The van der Waals surface area contributed by atoms with Gasteiger partial charge in [-0.1, -0.05) is 0 Å². The number of aromatic carboxylic acids is 1. The Kier molecular flexibility index (Phi) is 4.36. The van der Waals surface area contributed by atoms with Gasteiger partial charge in [0.25, 0.3) is 5.69 Å². The Labute approximate surface area is 131 Å². The average molecular weight is 403 g/mol. The summed E-state index contributed by atoms with van der Waals surface area (Å²) in [5.74, 6) is -2.50. The van der Waals surface area contributed by atoms with Gasteiger partial charge in [0.1, 0.15) is 11.3 Å². The minimum atomic E-state index is -1.22. The van der Waals surface area contributed by atoms with Crippen molar-refractivity contribution in [2.75, 3.05) is 0 Å². The maximum Gasteiger partial charge on any atom is 0.339 e. The molecule has 0 aliphatic carbocycles.